The molecule has 0 rings (SSSR count). The van der Waals surface area contributed by atoms with Gasteiger partial charge in [0.05, 0.1) is 0 Å². The van der Waals surface area contributed by atoms with Crippen LogP contribution in [-0.2, 0) is 4.79 Å². The summed E-state index contributed by atoms with van der Waals surface area (Å²) in [7, 11) is 0. The van der Waals surface area contributed by atoms with Gasteiger partial charge in [-0.25, -0.2) is 0 Å². The molecule has 0 spiro atoms. The van der Waals surface area contributed by atoms with E-state index in [0.29, 0.717) is 0 Å². The van der Waals surface area contributed by atoms with Gasteiger partial charge in [0.2, 0.25) is 5.91 Å². The van der Waals surface area contributed by atoms with Gasteiger partial charge in [-0.2, -0.15) is 74.6 Å². The lowest BCUT2D eigenvalue weighted by Crippen LogP contribution is -2.75. The van der Waals surface area contributed by atoms with E-state index in [1.165, 1.54) is 0 Å². The number of carbonyl (C=O) groups is 1. The maximum absolute atomic E-state index is 13.2. The first-order valence-corrected chi connectivity index (χ1v) is 6.36. The molecular formula is C11H4F17NO. The molecule has 0 bridgehead atoms. The van der Waals surface area contributed by atoms with Crippen molar-refractivity contribution >= 4 is 5.91 Å². The fourth-order valence-corrected chi connectivity index (χ4v) is 1.45. The van der Waals surface area contributed by atoms with Crippen molar-refractivity contribution in [3.63, 3.8) is 0 Å². The minimum Gasteiger partial charge on any atom is -0.288 e. The summed E-state index contributed by atoms with van der Waals surface area (Å²) in [4.78, 5) is 10.5. The molecule has 0 fully saturated rings. The number of hydrogen-bond donors (Lipinski definition) is 1. The van der Waals surface area contributed by atoms with Crippen LogP contribution >= 0.6 is 0 Å². The second-order valence-electron chi connectivity index (χ2n) is 5.21. The minimum atomic E-state index is -8.70. The standard InChI is InChI=1S/C11H4F17NO/c1-2-3(30)29-11(27,28)9(22,23)7(18,19)5(14,15)4(12,13)6(16,17)8(20,21)10(24,25)26/h2H,1H2,(H,29,30). The Kier molecular flexibility index (Phi) is 6.56. The highest BCUT2D eigenvalue weighted by atomic mass is 19.4. The highest BCUT2D eigenvalue weighted by molar-refractivity contribution is 5.87. The average molecular weight is 489 g/mol. The van der Waals surface area contributed by atoms with Crippen molar-refractivity contribution in [2.24, 2.45) is 0 Å². The van der Waals surface area contributed by atoms with Crippen LogP contribution in [0.15, 0.2) is 12.7 Å². The molecule has 0 aliphatic rings. The molecule has 30 heavy (non-hydrogen) atoms. The highest BCUT2D eigenvalue weighted by Crippen LogP contribution is 2.63. The second kappa shape index (κ2) is 7.03. The van der Waals surface area contributed by atoms with Crippen LogP contribution < -0.4 is 5.32 Å². The SMILES string of the molecule is C=CC(=O)NC(F)(F)C(F)(F)C(F)(F)C(F)(F)C(F)(F)C(F)(F)C(F)(F)C(F)(F)F. The van der Waals surface area contributed by atoms with E-state index in [4.69, 9.17) is 0 Å². The highest BCUT2D eigenvalue weighted by Gasteiger charge is 2.95. The molecule has 0 saturated heterocycles. The van der Waals surface area contributed by atoms with Gasteiger partial charge >= 0.3 is 47.8 Å². The third-order valence-corrected chi connectivity index (χ3v) is 3.19. The topological polar surface area (TPSA) is 29.1 Å². The van der Waals surface area contributed by atoms with Crippen LogP contribution in [0.5, 0.6) is 0 Å². The van der Waals surface area contributed by atoms with Gasteiger partial charge in [-0.05, 0) is 6.08 Å². The number of nitrogens with one attached hydrogen (secondary N) is 1. The van der Waals surface area contributed by atoms with E-state index in [9.17, 15) is 79.4 Å². The van der Waals surface area contributed by atoms with Crippen LogP contribution in [0, 0.1) is 0 Å². The van der Waals surface area contributed by atoms with Crippen molar-refractivity contribution in [3.05, 3.63) is 12.7 Å². The van der Waals surface area contributed by atoms with Gasteiger partial charge in [0.1, 0.15) is 0 Å². The molecule has 2 nitrogen and oxygen atoms in total. The smallest absolute Gasteiger partial charge is 0.288 e. The normalized spacial score (nSPS) is 15.8. The van der Waals surface area contributed by atoms with E-state index in [1.807, 2.05) is 0 Å². The molecule has 0 saturated carbocycles. The number of carbonyl (C=O) groups excluding carboxylic acids is 1. The van der Waals surface area contributed by atoms with Gasteiger partial charge in [-0.1, -0.05) is 6.58 Å². The Balaban J connectivity index is 6.69. The lowest BCUT2D eigenvalue weighted by Gasteiger charge is -2.42. The molecule has 1 amide bonds. The van der Waals surface area contributed by atoms with Gasteiger partial charge < -0.3 is 0 Å². The summed E-state index contributed by atoms with van der Waals surface area (Å²) in [6.45, 7) is 2.32. The molecule has 19 heteroatoms. The Bertz CT molecular complexity index is 676. The maximum Gasteiger partial charge on any atom is 0.460 e. The van der Waals surface area contributed by atoms with Crippen LogP contribution in [0.25, 0.3) is 0 Å². The first-order valence-electron chi connectivity index (χ1n) is 6.36. The molecule has 0 aliphatic heterocycles. The third-order valence-electron chi connectivity index (χ3n) is 3.19. The average Bonchev–Trinajstić information content (AvgIpc) is 2.51. The van der Waals surface area contributed by atoms with Gasteiger partial charge in [-0.3, -0.25) is 10.1 Å². The molecule has 0 atom stereocenters. The van der Waals surface area contributed by atoms with Gasteiger partial charge in [0, 0.05) is 0 Å². The largest absolute Gasteiger partial charge is 0.460 e. The van der Waals surface area contributed by atoms with E-state index >= 15 is 0 Å². The molecular weight excluding hydrogens is 485 g/mol. The zero-order valence-electron chi connectivity index (χ0n) is 13.1. The lowest BCUT2D eigenvalue weighted by molar-refractivity contribution is -0.462. The molecule has 0 radical (unpaired) electrons. The fourth-order valence-electron chi connectivity index (χ4n) is 1.45. The molecule has 0 unspecified atom stereocenters. The molecule has 1 N–H and O–H groups in total. The third kappa shape index (κ3) is 3.52. The van der Waals surface area contributed by atoms with E-state index in [0.717, 1.165) is 0 Å². The lowest BCUT2D eigenvalue weighted by atomic mass is 9.90. The van der Waals surface area contributed by atoms with Gasteiger partial charge in [-0.15, -0.1) is 0 Å². The molecule has 0 aromatic carbocycles. The summed E-state index contributed by atoms with van der Waals surface area (Å²) in [5.41, 5.74) is 0. The van der Waals surface area contributed by atoms with Crippen molar-refractivity contribution < 1.29 is 79.4 Å². The number of alkyl halides is 17. The summed E-state index contributed by atoms with van der Waals surface area (Å²) >= 11 is 0. The maximum atomic E-state index is 13.2. The van der Waals surface area contributed by atoms with Crippen molar-refractivity contribution in [1.82, 2.24) is 5.32 Å². The summed E-state index contributed by atoms with van der Waals surface area (Å²) in [5, 5.41) is -0.445. The molecule has 178 valence electrons. The summed E-state index contributed by atoms with van der Waals surface area (Å²) in [6, 6.07) is -6.96. The van der Waals surface area contributed by atoms with Crippen molar-refractivity contribution in [2.75, 3.05) is 0 Å². The number of halogens is 17. The van der Waals surface area contributed by atoms with Crippen LogP contribution in [0.1, 0.15) is 0 Å². The van der Waals surface area contributed by atoms with Crippen LogP contribution in [0.4, 0.5) is 74.6 Å². The van der Waals surface area contributed by atoms with E-state index < -0.39 is 59.0 Å². The molecule has 0 heterocycles. The van der Waals surface area contributed by atoms with Crippen molar-refractivity contribution in [3.8, 4) is 0 Å². The predicted molar refractivity (Wildman–Crippen MR) is 59.0 cm³/mol. The second-order valence-corrected chi connectivity index (χ2v) is 5.21. The van der Waals surface area contributed by atoms with Crippen LogP contribution in [-0.4, -0.2) is 53.7 Å². The van der Waals surface area contributed by atoms with Gasteiger partial charge in [0.15, 0.2) is 0 Å². The predicted octanol–water partition coefficient (Wildman–Crippen LogP) is 5.26. The zero-order chi connectivity index (χ0) is 25.0. The first kappa shape index (κ1) is 28.0. The van der Waals surface area contributed by atoms with Crippen LogP contribution in [0.2, 0.25) is 0 Å². The Labute approximate surface area is 152 Å². The number of amides is 1. The fraction of sp³-hybridized carbons (Fsp3) is 0.727. The molecule has 0 aromatic heterocycles. The number of rotatable bonds is 8. The molecule has 0 aliphatic carbocycles. The summed E-state index contributed by atoms with van der Waals surface area (Å²) in [5.74, 6) is -53.1. The monoisotopic (exact) mass is 489 g/mol. The van der Waals surface area contributed by atoms with E-state index in [-0.39, 0.29) is 6.08 Å². The van der Waals surface area contributed by atoms with Crippen LogP contribution in [0.3, 0.4) is 0 Å². The van der Waals surface area contributed by atoms with E-state index in [2.05, 4.69) is 6.58 Å². The quantitative estimate of drug-likeness (QED) is 0.282. The zero-order valence-corrected chi connectivity index (χ0v) is 13.1. The minimum absolute atomic E-state index is 0.368. The first-order chi connectivity index (χ1) is 12.7. The van der Waals surface area contributed by atoms with E-state index in [1.54, 1.807) is 0 Å². The van der Waals surface area contributed by atoms with Gasteiger partial charge in [0.25, 0.3) is 0 Å². The Morgan fingerprint density at radius 2 is 0.800 bits per heavy atom. The number of hydrogen-bond acceptors (Lipinski definition) is 1. The van der Waals surface area contributed by atoms with Crippen molar-refractivity contribution in [1.29, 1.82) is 0 Å². The molecule has 0 aromatic rings. The Hall–Kier alpha value is -1.98. The van der Waals surface area contributed by atoms with Crippen molar-refractivity contribution in [2.45, 2.75) is 47.8 Å². The Morgan fingerprint density at radius 1 is 0.533 bits per heavy atom. The summed E-state index contributed by atoms with van der Waals surface area (Å²) < 4.78 is 218. The Morgan fingerprint density at radius 3 is 1.07 bits per heavy atom. The summed E-state index contributed by atoms with van der Waals surface area (Å²) in [6.07, 6.45) is -8.18.